The molecule has 3 aliphatic rings. The first-order valence-corrected chi connectivity index (χ1v) is 9.97. The molecule has 0 radical (unpaired) electrons. The van der Waals surface area contributed by atoms with Crippen molar-refractivity contribution in [2.45, 2.75) is 49.9 Å². The number of hydrogen-bond acceptors (Lipinski definition) is 2. The largest absolute Gasteiger partial charge is 0.359 e. The Morgan fingerprint density at radius 3 is 2.42 bits per heavy atom. The van der Waals surface area contributed by atoms with Gasteiger partial charge in [0, 0.05) is 39.6 Å². The minimum atomic E-state index is 0.114. The average molecular weight is 355 g/mol. The molecule has 1 aliphatic carbocycles. The third-order valence-electron chi connectivity index (χ3n) is 6.69. The smallest absolute Gasteiger partial charge is 0.319 e. The van der Waals surface area contributed by atoms with Crippen LogP contribution in [0, 0.1) is 0 Å². The number of piperidine rings is 1. The molecule has 0 aromatic heterocycles. The van der Waals surface area contributed by atoms with Crippen LogP contribution in [0.5, 0.6) is 0 Å². The highest BCUT2D eigenvalue weighted by Crippen LogP contribution is 2.52. The van der Waals surface area contributed by atoms with Crippen molar-refractivity contribution in [3.8, 4) is 0 Å². The third kappa shape index (κ3) is 2.97. The van der Waals surface area contributed by atoms with Crippen LogP contribution in [0.1, 0.15) is 55.6 Å². The minimum Gasteiger partial charge on any atom is -0.359 e. The zero-order chi connectivity index (χ0) is 18.1. The number of carbonyl (C=O) groups excluding carboxylic acids is 2. The molecular formula is C21H29N3O2. The number of amides is 3. The Hall–Kier alpha value is -2.04. The van der Waals surface area contributed by atoms with E-state index in [0.717, 1.165) is 58.3 Å². The van der Waals surface area contributed by atoms with Gasteiger partial charge in [-0.2, -0.15) is 0 Å². The fourth-order valence-electron chi connectivity index (χ4n) is 5.24. The Kier molecular flexibility index (Phi) is 4.63. The summed E-state index contributed by atoms with van der Waals surface area (Å²) < 4.78 is 0. The number of nitrogens with one attached hydrogen (secondary N) is 1. The number of carbonyl (C=O) groups is 2. The van der Waals surface area contributed by atoms with E-state index in [1.165, 1.54) is 11.1 Å². The van der Waals surface area contributed by atoms with Gasteiger partial charge < -0.3 is 15.1 Å². The zero-order valence-corrected chi connectivity index (χ0v) is 15.7. The molecule has 2 fully saturated rings. The summed E-state index contributed by atoms with van der Waals surface area (Å²) in [6.45, 7) is 3.49. The molecule has 0 bridgehead atoms. The normalized spacial score (nSPS) is 24.0. The summed E-state index contributed by atoms with van der Waals surface area (Å²) in [5.41, 5.74) is 2.90. The van der Waals surface area contributed by atoms with Gasteiger partial charge >= 0.3 is 6.03 Å². The van der Waals surface area contributed by atoms with E-state index in [9.17, 15) is 9.59 Å². The number of likely N-dealkylation sites (tertiary alicyclic amines) is 2. The molecule has 1 aromatic carbocycles. The summed E-state index contributed by atoms with van der Waals surface area (Å²) in [5.74, 6) is 0.412. The van der Waals surface area contributed by atoms with Crippen molar-refractivity contribution in [1.29, 1.82) is 0 Å². The van der Waals surface area contributed by atoms with Gasteiger partial charge in [0.05, 0.1) is 0 Å². The number of fused-ring (bicyclic) bond motifs is 2. The van der Waals surface area contributed by atoms with Gasteiger partial charge in [0.2, 0.25) is 5.91 Å². The molecule has 140 valence electrons. The summed E-state index contributed by atoms with van der Waals surface area (Å²) in [6, 6.07) is 8.87. The summed E-state index contributed by atoms with van der Waals surface area (Å²) >= 11 is 0. The SMILES string of the molecule is CNC(=O)C[C@H]1CC2(CCN(C(=O)N3CCCC3)CC2)c2ccccc21. The van der Waals surface area contributed by atoms with Gasteiger partial charge in [-0.15, -0.1) is 0 Å². The molecule has 0 unspecified atom stereocenters. The molecule has 26 heavy (non-hydrogen) atoms. The van der Waals surface area contributed by atoms with Crippen molar-refractivity contribution >= 4 is 11.9 Å². The van der Waals surface area contributed by atoms with E-state index in [1.807, 2.05) is 9.80 Å². The third-order valence-corrected chi connectivity index (χ3v) is 6.69. The summed E-state index contributed by atoms with van der Waals surface area (Å²) in [6.07, 6.45) is 5.88. The highest BCUT2D eigenvalue weighted by atomic mass is 16.2. The van der Waals surface area contributed by atoms with Gasteiger partial charge in [-0.3, -0.25) is 4.79 Å². The standard InChI is InChI=1S/C21H29N3O2/c1-22-19(25)14-16-15-21(18-7-3-2-6-17(16)18)8-12-24(13-9-21)20(26)23-10-4-5-11-23/h2-3,6-7,16H,4-5,8-15H2,1H3,(H,22,25)/t16-/m0/s1. The molecule has 5 nitrogen and oxygen atoms in total. The van der Waals surface area contributed by atoms with Crippen LogP contribution in [0.4, 0.5) is 4.79 Å². The first kappa shape index (κ1) is 17.4. The molecule has 1 aromatic rings. The lowest BCUT2D eigenvalue weighted by atomic mass is 9.73. The van der Waals surface area contributed by atoms with Crippen LogP contribution < -0.4 is 5.32 Å². The van der Waals surface area contributed by atoms with E-state index in [1.54, 1.807) is 7.05 Å². The van der Waals surface area contributed by atoms with E-state index in [0.29, 0.717) is 12.3 Å². The zero-order valence-electron chi connectivity index (χ0n) is 15.7. The number of rotatable bonds is 2. The van der Waals surface area contributed by atoms with Crippen molar-refractivity contribution in [3.05, 3.63) is 35.4 Å². The fraction of sp³-hybridized carbons (Fsp3) is 0.619. The maximum Gasteiger partial charge on any atom is 0.319 e. The monoisotopic (exact) mass is 355 g/mol. The Labute approximate surface area is 155 Å². The van der Waals surface area contributed by atoms with Gasteiger partial charge in [-0.1, -0.05) is 24.3 Å². The highest BCUT2D eigenvalue weighted by molar-refractivity contribution is 5.77. The van der Waals surface area contributed by atoms with Crippen LogP contribution in [0.2, 0.25) is 0 Å². The lowest BCUT2D eigenvalue weighted by molar-refractivity contribution is -0.121. The molecule has 3 amide bonds. The van der Waals surface area contributed by atoms with E-state index in [2.05, 4.69) is 29.6 Å². The second-order valence-electron chi connectivity index (χ2n) is 8.11. The Morgan fingerprint density at radius 2 is 1.73 bits per heavy atom. The molecule has 4 rings (SSSR count). The van der Waals surface area contributed by atoms with E-state index in [4.69, 9.17) is 0 Å². The summed E-state index contributed by atoms with van der Waals surface area (Å²) in [4.78, 5) is 28.7. The van der Waals surface area contributed by atoms with E-state index < -0.39 is 0 Å². The molecule has 0 saturated carbocycles. The van der Waals surface area contributed by atoms with Gasteiger partial charge in [-0.25, -0.2) is 4.79 Å². The molecular weight excluding hydrogens is 326 g/mol. The molecule has 2 saturated heterocycles. The minimum absolute atomic E-state index is 0.114. The van der Waals surface area contributed by atoms with Gasteiger partial charge in [0.1, 0.15) is 0 Å². The number of urea groups is 1. The predicted molar refractivity (Wildman–Crippen MR) is 101 cm³/mol. The van der Waals surface area contributed by atoms with Gasteiger partial charge in [-0.05, 0) is 54.6 Å². The van der Waals surface area contributed by atoms with Gasteiger partial charge in [0.15, 0.2) is 0 Å². The van der Waals surface area contributed by atoms with Crippen molar-refractivity contribution < 1.29 is 9.59 Å². The lowest BCUT2D eigenvalue weighted by Gasteiger charge is -2.41. The van der Waals surface area contributed by atoms with Crippen LogP contribution in [0.15, 0.2) is 24.3 Å². The van der Waals surface area contributed by atoms with Crippen molar-refractivity contribution in [1.82, 2.24) is 15.1 Å². The molecule has 1 atom stereocenters. The quantitative estimate of drug-likeness (QED) is 0.887. The number of nitrogens with zero attached hydrogens (tertiary/aromatic N) is 2. The van der Waals surface area contributed by atoms with Crippen LogP contribution in [-0.2, 0) is 10.2 Å². The molecule has 1 N–H and O–H groups in total. The summed E-state index contributed by atoms with van der Waals surface area (Å²) in [5, 5.41) is 2.77. The average Bonchev–Trinajstić information content (AvgIpc) is 3.30. The maximum atomic E-state index is 12.7. The van der Waals surface area contributed by atoms with Crippen LogP contribution in [-0.4, -0.2) is 55.0 Å². The van der Waals surface area contributed by atoms with Crippen LogP contribution in [0.25, 0.3) is 0 Å². The van der Waals surface area contributed by atoms with Crippen LogP contribution >= 0.6 is 0 Å². The first-order valence-electron chi connectivity index (χ1n) is 9.97. The van der Waals surface area contributed by atoms with Crippen molar-refractivity contribution in [3.63, 3.8) is 0 Å². The van der Waals surface area contributed by atoms with E-state index in [-0.39, 0.29) is 17.4 Å². The fourth-order valence-corrected chi connectivity index (χ4v) is 5.24. The van der Waals surface area contributed by atoms with Crippen LogP contribution in [0.3, 0.4) is 0 Å². The lowest BCUT2D eigenvalue weighted by Crippen LogP contribution is -2.49. The van der Waals surface area contributed by atoms with Crippen molar-refractivity contribution in [2.24, 2.45) is 0 Å². The predicted octanol–water partition coefficient (Wildman–Crippen LogP) is 2.86. The van der Waals surface area contributed by atoms with E-state index >= 15 is 0 Å². The molecule has 2 aliphatic heterocycles. The Balaban J connectivity index is 1.49. The first-order chi connectivity index (χ1) is 12.6. The molecule has 2 heterocycles. The van der Waals surface area contributed by atoms with Gasteiger partial charge in [0.25, 0.3) is 0 Å². The maximum absolute atomic E-state index is 12.7. The second-order valence-corrected chi connectivity index (χ2v) is 8.11. The number of hydrogen-bond donors (Lipinski definition) is 1. The number of benzene rings is 1. The second kappa shape index (κ2) is 6.93. The summed E-state index contributed by atoms with van der Waals surface area (Å²) in [7, 11) is 1.71. The molecule has 1 spiro atoms. The molecule has 5 heteroatoms. The topological polar surface area (TPSA) is 52.7 Å². The van der Waals surface area contributed by atoms with Crippen molar-refractivity contribution in [2.75, 3.05) is 33.2 Å². The Morgan fingerprint density at radius 1 is 1.08 bits per heavy atom. The Bertz CT molecular complexity index is 688. The highest BCUT2D eigenvalue weighted by Gasteiger charge is 2.46.